The minimum absolute atomic E-state index is 0.00926. The van der Waals surface area contributed by atoms with Crippen LogP contribution in [0, 0.1) is 0 Å². The topological polar surface area (TPSA) is 129 Å². The van der Waals surface area contributed by atoms with E-state index in [9.17, 15) is 19.2 Å². The SMILES string of the molecule is CCC(=O)NC.CNC(=O)N(C)C.CNC(=O)OC.CNC(=O)SC. The number of carbonyl (C=O) groups excluding carboxylic acids is 4. The number of alkyl carbamates (subject to hydrolysis) is 1. The highest BCUT2D eigenvalue weighted by Gasteiger charge is 1.94. The van der Waals surface area contributed by atoms with Crippen LogP contribution < -0.4 is 21.3 Å². The van der Waals surface area contributed by atoms with Crippen LogP contribution in [0.2, 0.25) is 0 Å². The molecule has 0 bridgehead atoms. The number of thioether (sulfide) groups is 1. The number of nitrogens with one attached hydrogen (secondary N) is 4. The molecule has 0 aromatic carbocycles. The van der Waals surface area contributed by atoms with Crippen molar-refractivity contribution in [3.63, 3.8) is 0 Å². The molecule has 0 unspecified atom stereocenters. The molecule has 0 spiro atoms. The summed E-state index contributed by atoms with van der Waals surface area (Å²) < 4.78 is 4.15. The lowest BCUT2D eigenvalue weighted by atomic mass is 10.5. The first-order chi connectivity index (χ1) is 11.6. The number of methoxy groups -OCH3 is 1. The molecule has 0 saturated heterocycles. The normalized spacial score (nSPS) is 7.56. The van der Waals surface area contributed by atoms with Gasteiger partial charge in [0, 0.05) is 48.7 Å². The van der Waals surface area contributed by atoms with E-state index in [0.29, 0.717) is 6.42 Å². The van der Waals surface area contributed by atoms with Crippen LogP contribution in [0.3, 0.4) is 0 Å². The van der Waals surface area contributed by atoms with Crippen LogP contribution in [0.1, 0.15) is 13.3 Å². The van der Waals surface area contributed by atoms with Crippen molar-refractivity contribution in [2.45, 2.75) is 13.3 Å². The van der Waals surface area contributed by atoms with E-state index in [2.05, 4.69) is 26.0 Å². The molecule has 0 aliphatic heterocycles. The molecule has 0 heterocycles. The predicted octanol–water partition coefficient (Wildman–Crippen LogP) is 0.691. The smallest absolute Gasteiger partial charge is 0.406 e. The van der Waals surface area contributed by atoms with Crippen molar-refractivity contribution in [3.8, 4) is 0 Å². The molecule has 0 radical (unpaired) electrons. The molecular formula is C14H33N5O5S. The first-order valence-electron chi connectivity index (χ1n) is 7.22. The fourth-order valence-electron chi connectivity index (χ4n) is 0.605. The van der Waals surface area contributed by atoms with Gasteiger partial charge in [-0.05, 0) is 6.26 Å². The van der Waals surface area contributed by atoms with Gasteiger partial charge in [0.15, 0.2) is 0 Å². The second kappa shape index (κ2) is 24.1. The van der Waals surface area contributed by atoms with Gasteiger partial charge >= 0.3 is 12.1 Å². The summed E-state index contributed by atoms with van der Waals surface area (Å²) in [5.74, 6) is 0.0926. The Bertz CT molecular complexity index is 311. The van der Waals surface area contributed by atoms with Gasteiger partial charge in [-0.25, -0.2) is 9.59 Å². The molecule has 0 fully saturated rings. The van der Waals surface area contributed by atoms with Gasteiger partial charge in [-0.1, -0.05) is 18.7 Å². The van der Waals surface area contributed by atoms with Gasteiger partial charge in [0.05, 0.1) is 7.11 Å². The summed E-state index contributed by atoms with van der Waals surface area (Å²) in [5, 5.41) is 9.63. The third kappa shape index (κ3) is 34.3. The van der Waals surface area contributed by atoms with E-state index in [0.717, 1.165) is 0 Å². The molecule has 0 saturated carbocycles. The van der Waals surface area contributed by atoms with Crippen LogP contribution in [0.4, 0.5) is 14.4 Å². The first-order valence-corrected chi connectivity index (χ1v) is 8.44. The molecule has 150 valence electrons. The molecule has 0 aliphatic carbocycles. The van der Waals surface area contributed by atoms with Crippen LogP contribution in [0.25, 0.3) is 0 Å². The Morgan fingerprint density at radius 3 is 1.40 bits per heavy atom. The minimum atomic E-state index is -0.407. The maximum Gasteiger partial charge on any atom is 0.406 e. The Morgan fingerprint density at radius 2 is 1.40 bits per heavy atom. The molecule has 0 rings (SSSR count). The molecule has 0 atom stereocenters. The van der Waals surface area contributed by atoms with Crippen LogP contribution in [0.5, 0.6) is 0 Å². The molecule has 5 amide bonds. The van der Waals surface area contributed by atoms with Crippen LogP contribution >= 0.6 is 11.8 Å². The lowest BCUT2D eigenvalue weighted by molar-refractivity contribution is -0.120. The van der Waals surface area contributed by atoms with Crippen molar-refractivity contribution >= 4 is 35.0 Å². The van der Waals surface area contributed by atoms with E-state index < -0.39 is 6.09 Å². The fraction of sp³-hybridized carbons (Fsp3) is 0.714. The number of amides is 5. The van der Waals surface area contributed by atoms with Gasteiger partial charge in [0.1, 0.15) is 0 Å². The van der Waals surface area contributed by atoms with Gasteiger partial charge in [-0.2, -0.15) is 0 Å². The molecule has 4 N–H and O–H groups in total. The summed E-state index contributed by atoms with van der Waals surface area (Å²) in [6, 6.07) is -0.0694. The molecular weight excluding hydrogens is 350 g/mol. The number of urea groups is 1. The van der Waals surface area contributed by atoms with Crippen LogP contribution in [-0.4, -0.2) is 83.8 Å². The van der Waals surface area contributed by atoms with Crippen LogP contribution in [-0.2, 0) is 9.53 Å². The number of rotatable bonds is 1. The standard InChI is InChI=1S/C4H10N2O.C4H9NO.C3H7NO2.C3H7NOS/c1-5-4(7)6(2)3;1-3-4(6)5-2;2*1-4-3(5)6-2/h1-3H3,(H,5,7);3H2,1-2H3,(H,5,6);2*1-2H3,(H,4,5). The zero-order valence-corrected chi connectivity index (χ0v) is 17.4. The van der Waals surface area contributed by atoms with Gasteiger partial charge in [0.2, 0.25) is 5.91 Å². The Labute approximate surface area is 154 Å². The zero-order chi connectivity index (χ0) is 20.8. The molecule has 10 nitrogen and oxygen atoms in total. The Kier molecular flexibility index (Phi) is 29.6. The van der Waals surface area contributed by atoms with E-state index in [1.54, 1.807) is 41.5 Å². The maximum atomic E-state index is 10.3. The lowest BCUT2D eigenvalue weighted by Crippen LogP contribution is -2.31. The second-order valence-electron chi connectivity index (χ2n) is 3.96. The third-order valence-corrected chi connectivity index (χ3v) is 2.57. The average molecular weight is 384 g/mol. The molecule has 0 aromatic rings. The van der Waals surface area contributed by atoms with Crippen molar-refractivity contribution in [2.75, 3.05) is 55.7 Å². The quantitative estimate of drug-likeness (QED) is 0.527. The van der Waals surface area contributed by atoms with Crippen molar-refractivity contribution in [1.82, 2.24) is 26.2 Å². The lowest BCUT2D eigenvalue weighted by Gasteiger charge is -2.06. The van der Waals surface area contributed by atoms with E-state index in [4.69, 9.17) is 0 Å². The highest BCUT2D eigenvalue weighted by Crippen LogP contribution is 1.88. The van der Waals surface area contributed by atoms with E-state index in [1.807, 2.05) is 6.92 Å². The number of carbonyl (C=O) groups is 4. The van der Waals surface area contributed by atoms with E-state index in [-0.39, 0.29) is 17.2 Å². The Morgan fingerprint density at radius 1 is 0.920 bits per heavy atom. The van der Waals surface area contributed by atoms with Gasteiger partial charge < -0.3 is 30.9 Å². The highest BCUT2D eigenvalue weighted by molar-refractivity contribution is 8.12. The summed E-state index contributed by atoms with van der Waals surface area (Å²) in [6.45, 7) is 1.82. The minimum Gasteiger partial charge on any atom is -0.453 e. The average Bonchev–Trinajstić information content (AvgIpc) is 2.66. The number of hydrogen-bond donors (Lipinski definition) is 4. The number of hydrogen-bond acceptors (Lipinski definition) is 6. The number of ether oxygens (including phenoxy) is 1. The summed E-state index contributed by atoms with van der Waals surface area (Å²) in [5.41, 5.74) is 0. The van der Waals surface area contributed by atoms with Gasteiger partial charge in [-0.3, -0.25) is 9.59 Å². The van der Waals surface area contributed by atoms with Crippen molar-refractivity contribution in [2.24, 2.45) is 0 Å². The molecule has 25 heavy (non-hydrogen) atoms. The number of nitrogens with zero attached hydrogens (tertiary/aromatic N) is 1. The molecule has 11 heteroatoms. The fourth-order valence-corrected chi connectivity index (χ4v) is 0.809. The van der Waals surface area contributed by atoms with Crippen molar-refractivity contribution in [3.05, 3.63) is 0 Å². The van der Waals surface area contributed by atoms with Gasteiger partial charge in [-0.15, -0.1) is 0 Å². The summed E-state index contributed by atoms with van der Waals surface area (Å²) >= 11 is 1.17. The Balaban J connectivity index is -0.000000118. The third-order valence-electron chi connectivity index (χ3n) is 2.00. The van der Waals surface area contributed by atoms with E-state index >= 15 is 0 Å². The maximum absolute atomic E-state index is 10.3. The second-order valence-corrected chi connectivity index (χ2v) is 4.74. The largest absolute Gasteiger partial charge is 0.453 e. The summed E-state index contributed by atoms with van der Waals surface area (Å²) in [6.07, 6.45) is 1.91. The first kappa shape index (κ1) is 30.7. The van der Waals surface area contributed by atoms with E-state index in [1.165, 1.54) is 30.8 Å². The summed E-state index contributed by atoms with van der Waals surface area (Å²) in [7, 11) is 11.1. The van der Waals surface area contributed by atoms with Crippen LogP contribution in [0.15, 0.2) is 0 Å². The molecule has 0 aromatic heterocycles. The predicted molar refractivity (Wildman–Crippen MR) is 102 cm³/mol. The van der Waals surface area contributed by atoms with Crippen molar-refractivity contribution < 1.29 is 23.9 Å². The molecule has 0 aliphatic rings. The monoisotopic (exact) mass is 383 g/mol. The van der Waals surface area contributed by atoms with Crippen molar-refractivity contribution in [1.29, 1.82) is 0 Å². The zero-order valence-electron chi connectivity index (χ0n) is 16.6. The van der Waals surface area contributed by atoms with Gasteiger partial charge in [0.25, 0.3) is 5.24 Å². The Hall–Kier alpha value is -2.17. The summed E-state index contributed by atoms with van der Waals surface area (Å²) in [4.78, 5) is 41.7. The highest BCUT2D eigenvalue weighted by atomic mass is 32.2.